The van der Waals surface area contributed by atoms with Crippen LogP contribution >= 0.6 is 0 Å². The molecule has 0 aliphatic carbocycles. The number of nitrogens with zero attached hydrogens (tertiary/aromatic N) is 1. The van der Waals surface area contributed by atoms with E-state index >= 15 is 0 Å². The van der Waals surface area contributed by atoms with Gasteiger partial charge in [-0.1, -0.05) is 12.1 Å². The number of Topliss-reactive ketones (excluding diaryl/α,β-unsaturated/α-hetero) is 1. The Hall–Kier alpha value is -2.82. The Morgan fingerprint density at radius 1 is 1.14 bits per heavy atom. The minimum atomic E-state index is -0.103. The van der Waals surface area contributed by atoms with Crippen molar-refractivity contribution in [3.8, 4) is 11.5 Å². The molecule has 0 bridgehead atoms. The van der Waals surface area contributed by atoms with Crippen molar-refractivity contribution in [2.45, 2.75) is 6.42 Å². The van der Waals surface area contributed by atoms with E-state index in [4.69, 9.17) is 9.47 Å². The SMILES string of the molecule is COc1ccc(N/N=C2\CCOc3ccccc3C2=O)cc1. The van der Waals surface area contributed by atoms with Gasteiger partial charge in [-0.15, -0.1) is 0 Å². The summed E-state index contributed by atoms with van der Waals surface area (Å²) in [6, 6.07) is 14.6. The molecule has 1 aliphatic heterocycles. The molecule has 22 heavy (non-hydrogen) atoms. The summed E-state index contributed by atoms with van der Waals surface area (Å²) in [5.41, 5.74) is 4.71. The first-order chi connectivity index (χ1) is 10.8. The molecule has 1 N–H and O–H groups in total. The molecule has 0 fully saturated rings. The standard InChI is InChI=1S/C17H16N2O3/c1-21-13-8-6-12(7-9-13)18-19-15-10-11-22-16-5-3-2-4-14(16)17(15)20/h2-9,18H,10-11H2,1H3/b19-15+. The minimum absolute atomic E-state index is 0.103. The van der Waals surface area contributed by atoms with E-state index in [2.05, 4.69) is 10.5 Å². The van der Waals surface area contributed by atoms with E-state index in [0.29, 0.717) is 30.1 Å². The summed E-state index contributed by atoms with van der Waals surface area (Å²) in [5, 5.41) is 4.25. The van der Waals surface area contributed by atoms with Crippen molar-refractivity contribution in [1.29, 1.82) is 0 Å². The number of fused-ring (bicyclic) bond motifs is 1. The summed E-state index contributed by atoms with van der Waals surface area (Å²) < 4.78 is 10.7. The molecule has 1 heterocycles. The molecule has 2 aromatic carbocycles. The third-order valence-corrected chi connectivity index (χ3v) is 3.40. The van der Waals surface area contributed by atoms with Crippen molar-refractivity contribution in [2.75, 3.05) is 19.1 Å². The summed E-state index contributed by atoms with van der Waals surface area (Å²) in [6.45, 7) is 0.436. The number of nitrogens with one attached hydrogen (secondary N) is 1. The number of carbonyl (C=O) groups is 1. The van der Waals surface area contributed by atoms with E-state index in [1.807, 2.05) is 36.4 Å². The second-order valence-electron chi connectivity index (χ2n) is 4.82. The van der Waals surface area contributed by atoms with Crippen LogP contribution in [0.25, 0.3) is 0 Å². The number of benzene rings is 2. The molecule has 112 valence electrons. The van der Waals surface area contributed by atoms with Gasteiger partial charge in [-0.3, -0.25) is 10.2 Å². The molecule has 1 aliphatic rings. The molecule has 2 aromatic rings. The number of methoxy groups -OCH3 is 1. The average Bonchev–Trinajstić information content (AvgIpc) is 2.73. The number of ketones is 1. The summed E-state index contributed by atoms with van der Waals surface area (Å²) >= 11 is 0. The molecular weight excluding hydrogens is 280 g/mol. The molecule has 0 amide bonds. The van der Waals surface area contributed by atoms with Crippen LogP contribution in [0.2, 0.25) is 0 Å². The zero-order valence-corrected chi connectivity index (χ0v) is 12.2. The first kappa shape index (κ1) is 14.1. The summed E-state index contributed by atoms with van der Waals surface area (Å²) in [4.78, 5) is 12.5. The third-order valence-electron chi connectivity index (χ3n) is 3.40. The highest BCUT2D eigenvalue weighted by Crippen LogP contribution is 2.23. The monoisotopic (exact) mass is 296 g/mol. The van der Waals surface area contributed by atoms with Gasteiger partial charge in [0.1, 0.15) is 17.2 Å². The van der Waals surface area contributed by atoms with Crippen molar-refractivity contribution in [3.05, 3.63) is 54.1 Å². The largest absolute Gasteiger partial charge is 0.497 e. The Kier molecular flexibility index (Phi) is 4.05. The summed E-state index contributed by atoms with van der Waals surface area (Å²) in [7, 11) is 1.62. The molecular formula is C17H16N2O3. The average molecular weight is 296 g/mol. The van der Waals surface area contributed by atoms with Crippen molar-refractivity contribution >= 4 is 17.2 Å². The lowest BCUT2D eigenvalue weighted by atomic mass is 10.1. The topological polar surface area (TPSA) is 59.9 Å². The number of anilines is 1. The maximum Gasteiger partial charge on any atom is 0.212 e. The lowest BCUT2D eigenvalue weighted by Gasteiger charge is -2.05. The van der Waals surface area contributed by atoms with Crippen LogP contribution in [0.1, 0.15) is 16.8 Å². The quantitative estimate of drug-likeness (QED) is 0.884. The van der Waals surface area contributed by atoms with Crippen LogP contribution in [-0.4, -0.2) is 25.2 Å². The maximum atomic E-state index is 12.5. The van der Waals surface area contributed by atoms with Crippen molar-refractivity contribution in [2.24, 2.45) is 5.10 Å². The van der Waals surface area contributed by atoms with Crippen LogP contribution in [0.3, 0.4) is 0 Å². The van der Waals surface area contributed by atoms with E-state index in [1.54, 1.807) is 19.2 Å². The van der Waals surface area contributed by atoms with Crippen LogP contribution in [0.5, 0.6) is 11.5 Å². The Morgan fingerprint density at radius 3 is 2.68 bits per heavy atom. The molecule has 3 rings (SSSR count). The number of para-hydroxylation sites is 1. The van der Waals surface area contributed by atoms with Crippen molar-refractivity contribution in [3.63, 3.8) is 0 Å². The number of carbonyl (C=O) groups excluding carboxylic acids is 1. The maximum absolute atomic E-state index is 12.5. The van der Waals surface area contributed by atoms with Gasteiger partial charge in [0.25, 0.3) is 0 Å². The zero-order valence-electron chi connectivity index (χ0n) is 12.2. The molecule has 0 saturated heterocycles. The van der Waals surface area contributed by atoms with Gasteiger partial charge in [-0.25, -0.2) is 0 Å². The van der Waals surface area contributed by atoms with Gasteiger partial charge in [-0.05, 0) is 36.4 Å². The summed E-state index contributed by atoms with van der Waals surface area (Å²) in [6.07, 6.45) is 0.469. The number of hydrogen-bond donors (Lipinski definition) is 1. The molecule has 0 radical (unpaired) electrons. The molecule has 0 atom stereocenters. The van der Waals surface area contributed by atoms with E-state index in [1.165, 1.54) is 0 Å². The number of ether oxygens (including phenoxy) is 2. The van der Waals surface area contributed by atoms with Crippen LogP contribution in [0, 0.1) is 0 Å². The highest BCUT2D eigenvalue weighted by Gasteiger charge is 2.22. The predicted octanol–water partition coefficient (Wildman–Crippen LogP) is 3.13. The molecule has 0 spiro atoms. The van der Waals surface area contributed by atoms with E-state index in [0.717, 1.165) is 11.4 Å². The smallest absolute Gasteiger partial charge is 0.212 e. The Balaban J connectivity index is 1.80. The van der Waals surface area contributed by atoms with Gasteiger partial charge in [0.2, 0.25) is 5.78 Å². The second-order valence-corrected chi connectivity index (χ2v) is 4.82. The van der Waals surface area contributed by atoms with E-state index < -0.39 is 0 Å². The predicted molar refractivity (Wildman–Crippen MR) is 84.9 cm³/mol. The van der Waals surface area contributed by atoms with Crippen LogP contribution < -0.4 is 14.9 Å². The van der Waals surface area contributed by atoms with E-state index in [-0.39, 0.29) is 5.78 Å². The van der Waals surface area contributed by atoms with Crippen molar-refractivity contribution < 1.29 is 14.3 Å². The number of hydrogen-bond acceptors (Lipinski definition) is 5. The van der Waals surface area contributed by atoms with Crippen molar-refractivity contribution in [1.82, 2.24) is 0 Å². The van der Waals surface area contributed by atoms with Gasteiger partial charge in [0.15, 0.2) is 0 Å². The number of rotatable bonds is 3. The van der Waals surface area contributed by atoms with Crippen LogP contribution in [-0.2, 0) is 0 Å². The van der Waals surface area contributed by atoms with Gasteiger partial charge in [0.05, 0.1) is 25.0 Å². The Labute approximate surface area is 128 Å². The summed E-state index contributed by atoms with van der Waals surface area (Å²) in [5.74, 6) is 1.28. The molecule has 0 saturated carbocycles. The fourth-order valence-electron chi connectivity index (χ4n) is 2.21. The molecule has 5 heteroatoms. The van der Waals surface area contributed by atoms with E-state index in [9.17, 15) is 4.79 Å². The highest BCUT2D eigenvalue weighted by molar-refractivity contribution is 6.46. The van der Waals surface area contributed by atoms with Crippen LogP contribution in [0.4, 0.5) is 5.69 Å². The lowest BCUT2D eigenvalue weighted by Crippen LogP contribution is -2.15. The molecule has 0 aromatic heterocycles. The fraction of sp³-hybridized carbons (Fsp3) is 0.176. The zero-order chi connectivity index (χ0) is 15.4. The first-order valence-corrected chi connectivity index (χ1v) is 7.01. The highest BCUT2D eigenvalue weighted by atomic mass is 16.5. The lowest BCUT2D eigenvalue weighted by molar-refractivity contribution is 0.106. The van der Waals surface area contributed by atoms with Gasteiger partial charge >= 0.3 is 0 Å². The normalized spacial score (nSPS) is 15.7. The minimum Gasteiger partial charge on any atom is -0.497 e. The van der Waals surface area contributed by atoms with Gasteiger partial charge < -0.3 is 9.47 Å². The first-order valence-electron chi connectivity index (χ1n) is 7.01. The Bertz CT molecular complexity index is 708. The molecule has 5 nitrogen and oxygen atoms in total. The number of hydrazone groups is 1. The molecule has 0 unspecified atom stereocenters. The third kappa shape index (κ3) is 2.93. The van der Waals surface area contributed by atoms with Gasteiger partial charge in [0, 0.05) is 6.42 Å². The Morgan fingerprint density at radius 2 is 1.91 bits per heavy atom. The van der Waals surface area contributed by atoms with Gasteiger partial charge in [-0.2, -0.15) is 5.10 Å². The fourth-order valence-corrected chi connectivity index (χ4v) is 2.21. The second kappa shape index (κ2) is 6.30. The van der Waals surface area contributed by atoms with Crippen LogP contribution in [0.15, 0.2) is 53.6 Å².